The summed E-state index contributed by atoms with van der Waals surface area (Å²) in [5.74, 6) is 0.668. The maximum absolute atomic E-state index is 13.2. The topological polar surface area (TPSA) is 97.0 Å². The van der Waals surface area contributed by atoms with Crippen LogP contribution in [-0.4, -0.2) is 44.7 Å². The Morgan fingerprint density at radius 2 is 2.21 bits per heavy atom. The van der Waals surface area contributed by atoms with Gasteiger partial charge in [-0.1, -0.05) is 0 Å². The Labute approximate surface area is 139 Å². The zero-order valence-corrected chi connectivity index (χ0v) is 14.1. The predicted molar refractivity (Wildman–Crippen MR) is 91.0 cm³/mol. The van der Waals surface area contributed by atoms with Crippen molar-refractivity contribution in [3.05, 3.63) is 27.7 Å². The molecule has 0 bridgehead atoms. The minimum Gasteiger partial charge on any atom is -0.336 e. The average molecular weight is 329 g/mol. The lowest BCUT2D eigenvalue weighted by atomic mass is 10.1. The second-order valence-corrected chi connectivity index (χ2v) is 7.21. The molecule has 2 aromatic heterocycles. The number of nitrogens with two attached hydrogens (primary N) is 1. The fourth-order valence-corrected chi connectivity index (χ4v) is 3.79. The number of aromatic amines is 1. The molecule has 3 heterocycles. The van der Waals surface area contributed by atoms with Crippen molar-refractivity contribution in [3.63, 3.8) is 0 Å². The van der Waals surface area contributed by atoms with Crippen molar-refractivity contribution < 1.29 is 4.79 Å². The Kier molecular flexibility index (Phi) is 3.49. The molecular weight excluding hydrogens is 306 g/mol. The Morgan fingerprint density at radius 3 is 2.83 bits per heavy atom. The van der Waals surface area contributed by atoms with Crippen molar-refractivity contribution in [2.24, 2.45) is 18.7 Å². The Morgan fingerprint density at radius 1 is 1.46 bits per heavy atom. The fraction of sp³-hybridized carbons (Fsp3) is 0.588. The SMILES string of the molecule is CC1CC(CN)CN1C(=O)c1cc(C2CC2)nc2c1c(=O)[nH]n2C. The number of pyridine rings is 1. The number of nitrogens with one attached hydrogen (secondary N) is 1. The van der Waals surface area contributed by atoms with Crippen LogP contribution < -0.4 is 11.3 Å². The molecule has 2 aromatic rings. The van der Waals surface area contributed by atoms with Gasteiger partial charge >= 0.3 is 0 Å². The molecule has 7 nitrogen and oxygen atoms in total. The third-order valence-corrected chi connectivity index (χ3v) is 5.32. The van der Waals surface area contributed by atoms with E-state index in [-0.39, 0.29) is 17.5 Å². The van der Waals surface area contributed by atoms with Crippen LogP contribution in [0.15, 0.2) is 10.9 Å². The first kappa shape index (κ1) is 15.4. The third-order valence-electron chi connectivity index (χ3n) is 5.32. The maximum Gasteiger partial charge on any atom is 0.274 e. The van der Waals surface area contributed by atoms with Crippen LogP contribution in [0.2, 0.25) is 0 Å². The molecule has 1 amide bonds. The van der Waals surface area contributed by atoms with E-state index in [4.69, 9.17) is 5.73 Å². The molecule has 1 aliphatic carbocycles. The molecule has 2 atom stereocenters. The minimum atomic E-state index is -0.257. The molecule has 2 fully saturated rings. The van der Waals surface area contributed by atoms with Gasteiger partial charge in [0.1, 0.15) is 0 Å². The Bertz CT molecular complexity index is 864. The summed E-state index contributed by atoms with van der Waals surface area (Å²) in [6.07, 6.45) is 3.11. The van der Waals surface area contributed by atoms with Crippen LogP contribution in [0.1, 0.15) is 48.2 Å². The van der Waals surface area contributed by atoms with Crippen LogP contribution in [0.25, 0.3) is 11.0 Å². The molecule has 4 rings (SSSR count). The average Bonchev–Trinajstić information content (AvgIpc) is 3.29. The van der Waals surface area contributed by atoms with Crippen LogP contribution >= 0.6 is 0 Å². The molecule has 0 aromatic carbocycles. The Hall–Kier alpha value is -2.15. The van der Waals surface area contributed by atoms with E-state index in [0.717, 1.165) is 25.0 Å². The number of fused-ring (bicyclic) bond motifs is 1. The second-order valence-electron chi connectivity index (χ2n) is 7.21. The number of amides is 1. The van der Waals surface area contributed by atoms with Crippen LogP contribution in [0, 0.1) is 5.92 Å². The summed E-state index contributed by atoms with van der Waals surface area (Å²) in [6, 6.07) is 1.97. The number of likely N-dealkylation sites (tertiary alicyclic amines) is 1. The summed E-state index contributed by atoms with van der Waals surface area (Å²) in [7, 11) is 1.75. The fourth-order valence-electron chi connectivity index (χ4n) is 3.79. The Balaban J connectivity index is 1.83. The first-order valence-electron chi connectivity index (χ1n) is 8.60. The highest BCUT2D eigenvalue weighted by molar-refractivity contribution is 6.05. The summed E-state index contributed by atoms with van der Waals surface area (Å²) in [6.45, 7) is 3.28. The number of rotatable bonds is 3. The van der Waals surface area contributed by atoms with Gasteiger partial charge in [-0.3, -0.25) is 19.4 Å². The van der Waals surface area contributed by atoms with E-state index < -0.39 is 0 Å². The molecule has 0 spiro atoms. The van der Waals surface area contributed by atoms with Crippen molar-refractivity contribution in [3.8, 4) is 0 Å². The standard InChI is InChI=1S/C17H23N5O2/c1-9-5-10(7-18)8-22(9)17(24)12-6-13(11-3-4-11)19-15-14(12)16(23)20-21(15)2/h6,9-11H,3-5,7-8,18H2,1-2H3,(H,20,23). The summed E-state index contributed by atoms with van der Waals surface area (Å²) in [5.41, 5.74) is 7.49. The van der Waals surface area contributed by atoms with Gasteiger partial charge in [-0.25, -0.2) is 4.98 Å². The number of carbonyl (C=O) groups excluding carboxylic acids is 1. The van der Waals surface area contributed by atoms with Crippen LogP contribution in [-0.2, 0) is 7.05 Å². The number of aryl methyl sites for hydroxylation is 1. The maximum atomic E-state index is 13.2. The van der Waals surface area contributed by atoms with Crippen molar-refractivity contribution in [2.45, 2.75) is 38.1 Å². The molecule has 24 heavy (non-hydrogen) atoms. The van der Waals surface area contributed by atoms with Crippen LogP contribution in [0.5, 0.6) is 0 Å². The molecular formula is C17H23N5O2. The lowest BCUT2D eigenvalue weighted by Gasteiger charge is -2.22. The molecule has 0 radical (unpaired) electrons. The van der Waals surface area contributed by atoms with E-state index in [1.54, 1.807) is 11.7 Å². The van der Waals surface area contributed by atoms with Gasteiger partial charge < -0.3 is 10.6 Å². The lowest BCUT2D eigenvalue weighted by Crippen LogP contribution is -2.35. The number of hydrogen-bond donors (Lipinski definition) is 2. The largest absolute Gasteiger partial charge is 0.336 e. The predicted octanol–water partition coefficient (Wildman–Crippen LogP) is 0.948. The van der Waals surface area contributed by atoms with E-state index in [9.17, 15) is 9.59 Å². The van der Waals surface area contributed by atoms with Crippen molar-refractivity contribution in [1.29, 1.82) is 0 Å². The normalized spacial score (nSPS) is 24.0. The van der Waals surface area contributed by atoms with Crippen molar-refractivity contribution >= 4 is 16.9 Å². The number of nitrogens with zero attached hydrogens (tertiary/aromatic N) is 3. The van der Waals surface area contributed by atoms with Crippen molar-refractivity contribution in [1.82, 2.24) is 19.7 Å². The van der Waals surface area contributed by atoms with E-state index in [2.05, 4.69) is 10.1 Å². The van der Waals surface area contributed by atoms with Crippen LogP contribution in [0.3, 0.4) is 0 Å². The quantitative estimate of drug-likeness (QED) is 0.876. The highest BCUT2D eigenvalue weighted by Crippen LogP contribution is 2.40. The van der Waals surface area contributed by atoms with Gasteiger partial charge in [0.25, 0.3) is 11.5 Å². The van der Waals surface area contributed by atoms with E-state index in [0.29, 0.717) is 41.5 Å². The summed E-state index contributed by atoms with van der Waals surface area (Å²) < 4.78 is 1.61. The first-order chi connectivity index (χ1) is 11.5. The van der Waals surface area contributed by atoms with Gasteiger partial charge in [0.2, 0.25) is 0 Å². The zero-order valence-electron chi connectivity index (χ0n) is 14.1. The molecule has 2 aliphatic rings. The third kappa shape index (κ3) is 2.34. The number of aromatic nitrogens is 3. The molecule has 1 saturated carbocycles. The number of hydrogen-bond acceptors (Lipinski definition) is 4. The van der Waals surface area contributed by atoms with Gasteiger partial charge in [-0.15, -0.1) is 0 Å². The monoisotopic (exact) mass is 329 g/mol. The lowest BCUT2D eigenvalue weighted by molar-refractivity contribution is 0.0745. The van der Waals surface area contributed by atoms with E-state index in [1.807, 2.05) is 17.9 Å². The van der Waals surface area contributed by atoms with E-state index >= 15 is 0 Å². The van der Waals surface area contributed by atoms with Gasteiger partial charge in [0.05, 0.1) is 10.9 Å². The smallest absolute Gasteiger partial charge is 0.274 e. The highest BCUT2D eigenvalue weighted by Gasteiger charge is 2.35. The molecule has 7 heteroatoms. The van der Waals surface area contributed by atoms with E-state index in [1.165, 1.54) is 0 Å². The minimum absolute atomic E-state index is 0.0792. The summed E-state index contributed by atoms with van der Waals surface area (Å²) >= 11 is 0. The van der Waals surface area contributed by atoms with Crippen molar-refractivity contribution in [2.75, 3.05) is 13.1 Å². The van der Waals surface area contributed by atoms with Gasteiger partial charge in [-0.2, -0.15) is 0 Å². The summed E-state index contributed by atoms with van der Waals surface area (Å²) in [5, 5.41) is 3.13. The molecule has 1 aliphatic heterocycles. The molecule has 2 unspecified atom stereocenters. The molecule has 3 N–H and O–H groups in total. The zero-order chi connectivity index (χ0) is 17.0. The number of carbonyl (C=O) groups is 1. The van der Waals surface area contributed by atoms with Gasteiger partial charge in [0.15, 0.2) is 5.65 Å². The van der Waals surface area contributed by atoms with Gasteiger partial charge in [0, 0.05) is 31.2 Å². The van der Waals surface area contributed by atoms with Gasteiger partial charge in [-0.05, 0) is 44.7 Å². The summed E-state index contributed by atoms with van der Waals surface area (Å²) in [4.78, 5) is 32.0. The second kappa shape index (κ2) is 5.44. The first-order valence-corrected chi connectivity index (χ1v) is 8.60. The number of H-pyrrole nitrogens is 1. The highest BCUT2D eigenvalue weighted by atomic mass is 16.2. The molecule has 128 valence electrons. The van der Waals surface area contributed by atoms with Crippen LogP contribution in [0.4, 0.5) is 0 Å². The molecule has 1 saturated heterocycles.